The number of hydrogen-bond donors (Lipinski definition) is 3. The van der Waals surface area contributed by atoms with Crippen LogP contribution in [-0.4, -0.2) is 36.1 Å². The molecule has 1 saturated carbocycles. The van der Waals surface area contributed by atoms with Gasteiger partial charge >= 0.3 is 5.69 Å². The van der Waals surface area contributed by atoms with Crippen LogP contribution in [0.25, 0.3) is 11.0 Å². The second kappa shape index (κ2) is 4.49. The number of likely N-dealkylation sites (N-methyl/N-ethyl adjacent to an activating group) is 1. The highest BCUT2D eigenvalue weighted by atomic mass is 16.1. The third-order valence-corrected chi connectivity index (χ3v) is 3.40. The van der Waals surface area contributed by atoms with Gasteiger partial charge in [-0.05, 0) is 31.0 Å². The smallest absolute Gasteiger partial charge is 0.323 e. The van der Waals surface area contributed by atoms with E-state index in [1.165, 1.54) is 12.8 Å². The van der Waals surface area contributed by atoms with E-state index in [2.05, 4.69) is 27.2 Å². The molecule has 1 aromatic carbocycles. The number of aromatic amines is 2. The van der Waals surface area contributed by atoms with Gasteiger partial charge in [0, 0.05) is 31.9 Å². The van der Waals surface area contributed by atoms with E-state index in [4.69, 9.17) is 0 Å². The lowest BCUT2D eigenvalue weighted by Gasteiger charge is -2.19. The zero-order chi connectivity index (χ0) is 12.5. The topological polar surface area (TPSA) is 63.9 Å². The number of fused-ring (bicyclic) bond motifs is 1. The van der Waals surface area contributed by atoms with Gasteiger partial charge < -0.3 is 20.2 Å². The molecule has 1 aliphatic rings. The Labute approximate surface area is 105 Å². The van der Waals surface area contributed by atoms with Crippen LogP contribution in [0.2, 0.25) is 0 Å². The lowest BCUT2D eigenvalue weighted by Crippen LogP contribution is -2.30. The van der Waals surface area contributed by atoms with E-state index in [1.54, 1.807) is 0 Å². The summed E-state index contributed by atoms with van der Waals surface area (Å²) in [5.41, 5.74) is 2.68. The molecular formula is C13H18N4O. The summed E-state index contributed by atoms with van der Waals surface area (Å²) in [6, 6.07) is 6.72. The van der Waals surface area contributed by atoms with Crippen LogP contribution in [0.3, 0.4) is 0 Å². The van der Waals surface area contributed by atoms with E-state index in [9.17, 15) is 4.79 Å². The van der Waals surface area contributed by atoms with E-state index < -0.39 is 0 Å². The van der Waals surface area contributed by atoms with Crippen molar-refractivity contribution in [2.45, 2.75) is 18.9 Å². The van der Waals surface area contributed by atoms with Crippen LogP contribution in [0, 0.1) is 0 Å². The van der Waals surface area contributed by atoms with Crippen molar-refractivity contribution in [3.8, 4) is 0 Å². The molecule has 1 heterocycles. The second-order valence-electron chi connectivity index (χ2n) is 4.96. The summed E-state index contributed by atoms with van der Waals surface area (Å²) in [4.78, 5) is 18.9. The summed E-state index contributed by atoms with van der Waals surface area (Å²) in [6.45, 7) is 1.97. The van der Waals surface area contributed by atoms with Crippen LogP contribution in [0.4, 0.5) is 5.69 Å². The molecule has 1 aromatic heterocycles. The number of H-pyrrole nitrogens is 2. The van der Waals surface area contributed by atoms with E-state index in [0.717, 1.165) is 35.9 Å². The Hall–Kier alpha value is -1.75. The van der Waals surface area contributed by atoms with E-state index in [0.29, 0.717) is 0 Å². The molecule has 0 amide bonds. The van der Waals surface area contributed by atoms with Gasteiger partial charge in [-0.3, -0.25) is 0 Å². The molecule has 5 heteroatoms. The van der Waals surface area contributed by atoms with Crippen molar-refractivity contribution >= 4 is 16.7 Å². The highest BCUT2D eigenvalue weighted by Gasteiger charge is 2.19. The molecule has 0 unspecified atom stereocenters. The van der Waals surface area contributed by atoms with Gasteiger partial charge in [-0.15, -0.1) is 0 Å². The molecule has 2 aromatic rings. The first-order chi connectivity index (χ1) is 8.72. The van der Waals surface area contributed by atoms with E-state index >= 15 is 0 Å². The number of nitrogens with zero attached hydrogens (tertiary/aromatic N) is 1. The maximum absolute atomic E-state index is 11.2. The van der Waals surface area contributed by atoms with Crippen LogP contribution in [0.5, 0.6) is 0 Å². The number of rotatable bonds is 5. The zero-order valence-electron chi connectivity index (χ0n) is 10.5. The second-order valence-corrected chi connectivity index (χ2v) is 4.96. The molecule has 0 atom stereocenters. The average Bonchev–Trinajstić information content (AvgIpc) is 3.08. The van der Waals surface area contributed by atoms with E-state index in [1.807, 2.05) is 18.2 Å². The number of hydrogen-bond acceptors (Lipinski definition) is 3. The van der Waals surface area contributed by atoms with Crippen molar-refractivity contribution in [1.29, 1.82) is 0 Å². The molecular weight excluding hydrogens is 228 g/mol. The standard InChI is InChI=1S/C13H18N4O/c1-17(7-6-14-9-2-3-9)10-4-5-11-12(8-10)16-13(18)15-11/h4-5,8-9,14H,2-3,6-7H2,1H3,(H2,15,16,18). The van der Waals surface area contributed by atoms with Crippen LogP contribution in [0.1, 0.15) is 12.8 Å². The Morgan fingerprint density at radius 2 is 2.11 bits per heavy atom. The fourth-order valence-electron chi connectivity index (χ4n) is 2.11. The molecule has 1 aliphatic carbocycles. The maximum Gasteiger partial charge on any atom is 0.323 e. The monoisotopic (exact) mass is 246 g/mol. The zero-order valence-corrected chi connectivity index (χ0v) is 10.5. The average molecular weight is 246 g/mol. The first-order valence-electron chi connectivity index (χ1n) is 6.39. The van der Waals surface area contributed by atoms with Crippen molar-refractivity contribution in [3.05, 3.63) is 28.7 Å². The highest BCUT2D eigenvalue weighted by molar-refractivity contribution is 5.78. The van der Waals surface area contributed by atoms with Crippen LogP contribution >= 0.6 is 0 Å². The summed E-state index contributed by atoms with van der Waals surface area (Å²) in [5.74, 6) is 0. The fraction of sp³-hybridized carbons (Fsp3) is 0.462. The summed E-state index contributed by atoms with van der Waals surface area (Å²) >= 11 is 0. The molecule has 0 saturated heterocycles. The molecule has 0 bridgehead atoms. The number of anilines is 1. The molecule has 0 aliphatic heterocycles. The van der Waals surface area contributed by atoms with Crippen molar-refractivity contribution in [3.63, 3.8) is 0 Å². The maximum atomic E-state index is 11.2. The third kappa shape index (κ3) is 2.41. The SMILES string of the molecule is CN(CCNC1CC1)c1ccc2[nH]c(=O)[nH]c2c1. The predicted octanol–water partition coefficient (Wildman–Crippen LogP) is 1.04. The lowest BCUT2D eigenvalue weighted by molar-refractivity contribution is 0.675. The van der Waals surface area contributed by atoms with Gasteiger partial charge in [-0.25, -0.2) is 4.79 Å². The Morgan fingerprint density at radius 3 is 2.89 bits per heavy atom. The van der Waals surface area contributed by atoms with Crippen LogP contribution in [0.15, 0.2) is 23.0 Å². The highest BCUT2D eigenvalue weighted by Crippen LogP contribution is 2.19. The number of benzene rings is 1. The molecule has 3 rings (SSSR count). The molecule has 1 fully saturated rings. The Bertz CT molecular complexity index is 596. The Morgan fingerprint density at radius 1 is 1.33 bits per heavy atom. The molecule has 96 valence electrons. The summed E-state index contributed by atoms with van der Waals surface area (Å²) in [6.07, 6.45) is 2.64. The van der Waals surface area contributed by atoms with Crippen molar-refractivity contribution < 1.29 is 0 Å². The predicted molar refractivity (Wildman–Crippen MR) is 73.2 cm³/mol. The van der Waals surface area contributed by atoms with Crippen molar-refractivity contribution in [2.75, 3.05) is 25.0 Å². The molecule has 3 N–H and O–H groups in total. The molecule has 5 nitrogen and oxygen atoms in total. The largest absolute Gasteiger partial charge is 0.373 e. The minimum absolute atomic E-state index is 0.153. The quantitative estimate of drug-likeness (QED) is 0.738. The van der Waals surface area contributed by atoms with Gasteiger partial charge in [0.25, 0.3) is 0 Å². The summed E-state index contributed by atoms with van der Waals surface area (Å²) in [7, 11) is 2.07. The number of aromatic nitrogens is 2. The number of nitrogens with one attached hydrogen (secondary N) is 3. The molecule has 0 spiro atoms. The lowest BCUT2D eigenvalue weighted by atomic mass is 10.2. The van der Waals surface area contributed by atoms with Gasteiger partial charge in [-0.1, -0.05) is 0 Å². The third-order valence-electron chi connectivity index (χ3n) is 3.40. The Balaban J connectivity index is 1.69. The fourth-order valence-corrected chi connectivity index (χ4v) is 2.11. The molecule has 0 radical (unpaired) electrons. The minimum Gasteiger partial charge on any atom is -0.373 e. The van der Waals surface area contributed by atoms with Gasteiger partial charge in [0.15, 0.2) is 0 Å². The van der Waals surface area contributed by atoms with Crippen molar-refractivity contribution in [2.24, 2.45) is 0 Å². The first-order valence-corrected chi connectivity index (χ1v) is 6.39. The normalized spacial score (nSPS) is 15.2. The van der Waals surface area contributed by atoms with E-state index in [-0.39, 0.29) is 5.69 Å². The van der Waals surface area contributed by atoms with Crippen LogP contribution in [-0.2, 0) is 0 Å². The minimum atomic E-state index is -0.153. The first kappa shape index (κ1) is 11.3. The summed E-state index contributed by atoms with van der Waals surface area (Å²) < 4.78 is 0. The van der Waals surface area contributed by atoms with Gasteiger partial charge in [0.2, 0.25) is 0 Å². The number of imidazole rings is 1. The van der Waals surface area contributed by atoms with Crippen molar-refractivity contribution in [1.82, 2.24) is 15.3 Å². The summed E-state index contributed by atoms with van der Waals surface area (Å²) in [5, 5.41) is 3.49. The molecule has 18 heavy (non-hydrogen) atoms. The van der Waals surface area contributed by atoms with Gasteiger partial charge in [-0.2, -0.15) is 0 Å². The van der Waals surface area contributed by atoms with Gasteiger partial charge in [0.1, 0.15) is 0 Å². The van der Waals surface area contributed by atoms with Crippen LogP contribution < -0.4 is 15.9 Å². The Kier molecular flexibility index (Phi) is 2.83. The van der Waals surface area contributed by atoms with Gasteiger partial charge in [0.05, 0.1) is 11.0 Å².